The monoisotopic (exact) mass is 259 g/mol. The van der Waals surface area contributed by atoms with Gasteiger partial charge in [0.1, 0.15) is 17.7 Å². The summed E-state index contributed by atoms with van der Waals surface area (Å²) in [6.07, 6.45) is 5.90. The first kappa shape index (κ1) is 12.2. The molecule has 1 saturated heterocycles. The van der Waals surface area contributed by atoms with Gasteiger partial charge in [-0.1, -0.05) is 0 Å². The molecule has 0 atom stereocenters. The number of carbonyl (C=O) groups excluding carboxylic acids is 1. The van der Waals surface area contributed by atoms with Crippen molar-refractivity contribution in [3.63, 3.8) is 0 Å². The summed E-state index contributed by atoms with van der Waals surface area (Å²) in [4.78, 5) is 24.4. The lowest BCUT2D eigenvalue weighted by atomic mass is 9.98. The van der Waals surface area contributed by atoms with Gasteiger partial charge < -0.3 is 10.6 Å². The highest BCUT2D eigenvalue weighted by atomic mass is 16.1. The fraction of sp³-hybridized carbons (Fsp3) is 0.538. The quantitative estimate of drug-likeness (QED) is 0.814. The molecule has 100 valence electrons. The standard InChI is InChI=1S/C13H17N5O/c19-13(16-6-9-1-3-14-4-2-9)11-5-10-12(18-11)7-15-8-17-10/h7-9,14H,1-6H2,(H,16,19). The predicted molar refractivity (Wildman–Crippen MR) is 71.4 cm³/mol. The minimum atomic E-state index is -0.0727. The Labute approximate surface area is 111 Å². The number of carbonyl (C=O) groups is 1. The van der Waals surface area contributed by atoms with E-state index in [4.69, 9.17) is 0 Å². The molecule has 1 aromatic heterocycles. The van der Waals surface area contributed by atoms with E-state index in [-0.39, 0.29) is 5.91 Å². The van der Waals surface area contributed by atoms with Crippen LogP contribution in [0.1, 0.15) is 18.5 Å². The van der Waals surface area contributed by atoms with Crippen molar-refractivity contribution in [2.75, 3.05) is 19.6 Å². The molecule has 19 heavy (non-hydrogen) atoms. The first-order valence-corrected chi connectivity index (χ1v) is 6.68. The molecule has 0 aliphatic carbocycles. The number of amides is 1. The van der Waals surface area contributed by atoms with Gasteiger partial charge in [-0.3, -0.25) is 4.79 Å². The van der Waals surface area contributed by atoms with E-state index in [1.54, 1.807) is 6.20 Å². The van der Waals surface area contributed by atoms with Gasteiger partial charge in [-0.2, -0.15) is 0 Å². The largest absolute Gasteiger partial charge is 0.351 e. The molecule has 2 N–H and O–H groups in total. The van der Waals surface area contributed by atoms with Crippen LogP contribution in [-0.2, 0) is 11.2 Å². The third kappa shape index (κ3) is 2.78. The number of aliphatic imine (C=N–C) groups is 1. The zero-order valence-corrected chi connectivity index (χ0v) is 10.7. The average molecular weight is 259 g/mol. The van der Waals surface area contributed by atoms with Gasteiger partial charge in [0.05, 0.1) is 11.9 Å². The molecule has 1 aromatic rings. The summed E-state index contributed by atoms with van der Waals surface area (Å²) in [6.45, 7) is 2.83. The SMILES string of the molecule is O=C(NCC1CCNCC1)C1=Nc2cncnc2C1. The molecule has 0 spiro atoms. The maximum Gasteiger partial charge on any atom is 0.266 e. The van der Waals surface area contributed by atoms with Crippen molar-refractivity contribution in [2.45, 2.75) is 19.3 Å². The van der Waals surface area contributed by atoms with Crippen LogP contribution in [0.3, 0.4) is 0 Å². The minimum Gasteiger partial charge on any atom is -0.351 e. The molecular weight excluding hydrogens is 242 g/mol. The highest BCUT2D eigenvalue weighted by Gasteiger charge is 2.22. The van der Waals surface area contributed by atoms with E-state index >= 15 is 0 Å². The zero-order valence-electron chi connectivity index (χ0n) is 10.7. The van der Waals surface area contributed by atoms with Gasteiger partial charge in [0.2, 0.25) is 0 Å². The van der Waals surface area contributed by atoms with Crippen molar-refractivity contribution >= 4 is 17.3 Å². The van der Waals surface area contributed by atoms with E-state index in [9.17, 15) is 4.79 Å². The lowest BCUT2D eigenvalue weighted by Crippen LogP contribution is -2.38. The molecule has 1 amide bonds. The summed E-state index contributed by atoms with van der Waals surface area (Å²) in [6, 6.07) is 0. The van der Waals surface area contributed by atoms with Gasteiger partial charge in [0.15, 0.2) is 0 Å². The number of piperidine rings is 1. The van der Waals surface area contributed by atoms with Crippen molar-refractivity contribution in [1.82, 2.24) is 20.6 Å². The number of fused-ring (bicyclic) bond motifs is 1. The number of nitrogens with one attached hydrogen (secondary N) is 2. The van der Waals surface area contributed by atoms with E-state index in [1.807, 2.05) is 0 Å². The number of rotatable bonds is 3. The second kappa shape index (κ2) is 5.44. The third-order valence-corrected chi connectivity index (χ3v) is 3.64. The summed E-state index contributed by atoms with van der Waals surface area (Å²) in [5.74, 6) is 0.505. The number of hydrogen-bond donors (Lipinski definition) is 2. The van der Waals surface area contributed by atoms with Gasteiger partial charge in [0, 0.05) is 13.0 Å². The Hall–Kier alpha value is -1.82. The topological polar surface area (TPSA) is 79.3 Å². The molecule has 2 aliphatic rings. The molecule has 6 heteroatoms. The van der Waals surface area contributed by atoms with Crippen LogP contribution in [0.25, 0.3) is 0 Å². The molecule has 3 heterocycles. The van der Waals surface area contributed by atoms with Crippen molar-refractivity contribution in [3.05, 3.63) is 18.2 Å². The van der Waals surface area contributed by atoms with Crippen LogP contribution >= 0.6 is 0 Å². The Morgan fingerprint density at radius 1 is 1.42 bits per heavy atom. The summed E-state index contributed by atoms with van der Waals surface area (Å²) in [5, 5.41) is 6.30. The first-order chi connectivity index (χ1) is 9.33. The van der Waals surface area contributed by atoms with Crippen molar-refractivity contribution in [3.8, 4) is 0 Å². The minimum absolute atomic E-state index is 0.0727. The number of aromatic nitrogens is 2. The van der Waals surface area contributed by atoms with E-state index in [0.29, 0.717) is 18.1 Å². The van der Waals surface area contributed by atoms with Crippen LogP contribution in [0, 0.1) is 5.92 Å². The lowest BCUT2D eigenvalue weighted by Gasteiger charge is -2.22. The maximum atomic E-state index is 12.1. The van der Waals surface area contributed by atoms with Crippen molar-refractivity contribution in [2.24, 2.45) is 10.9 Å². The first-order valence-electron chi connectivity index (χ1n) is 6.68. The Balaban J connectivity index is 1.55. The van der Waals surface area contributed by atoms with Crippen LogP contribution < -0.4 is 10.6 Å². The summed E-state index contributed by atoms with van der Waals surface area (Å²) in [5.41, 5.74) is 2.10. The maximum absolute atomic E-state index is 12.1. The predicted octanol–water partition coefficient (Wildman–Crippen LogP) is 0.221. The van der Waals surface area contributed by atoms with Crippen molar-refractivity contribution < 1.29 is 4.79 Å². The van der Waals surface area contributed by atoms with Gasteiger partial charge in [-0.05, 0) is 31.8 Å². The molecule has 0 unspecified atom stereocenters. The zero-order chi connectivity index (χ0) is 13.1. The van der Waals surface area contributed by atoms with Gasteiger partial charge >= 0.3 is 0 Å². The van der Waals surface area contributed by atoms with Crippen LogP contribution in [-0.4, -0.2) is 41.2 Å². The van der Waals surface area contributed by atoms with E-state index in [0.717, 1.165) is 43.9 Å². The van der Waals surface area contributed by atoms with E-state index in [1.165, 1.54) is 6.33 Å². The smallest absolute Gasteiger partial charge is 0.266 e. The van der Waals surface area contributed by atoms with Crippen LogP contribution in [0.4, 0.5) is 5.69 Å². The molecule has 2 aliphatic heterocycles. The molecule has 3 rings (SSSR count). The second-order valence-electron chi connectivity index (χ2n) is 4.99. The van der Waals surface area contributed by atoms with Crippen LogP contribution in [0.5, 0.6) is 0 Å². The molecule has 6 nitrogen and oxygen atoms in total. The fourth-order valence-corrected chi connectivity index (χ4v) is 2.48. The highest BCUT2D eigenvalue weighted by molar-refractivity contribution is 6.40. The summed E-state index contributed by atoms with van der Waals surface area (Å²) < 4.78 is 0. The van der Waals surface area contributed by atoms with Crippen molar-refractivity contribution in [1.29, 1.82) is 0 Å². The second-order valence-corrected chi connectivity index (χ2v) is 4.99. The normalized spacial score (nSPS) is 18.8. The molecule has 0 radical (unpaired) electrons. The Bertz CT molecular complexity index is 508. The molecule has 1 fully saturated rings. The van der Waals surface area contributed by atoms with Gasteiger partial charge in [-0.25, -0.2) is 15.0 Å². The highest BCUT2D eigenvalue weighted by Crippen LogP contribution is 2.22. The fourth-order valence-electron chi connectivity index (χ4n) is 2.48. The Morgan fingerprint density at radius 2 is 2.26 bits per heavy atom. The Kier molecular flexibility index (Phi) is 3.50. The molecular formula is C13H17N5O. The molecule has 0 saturated carbocycles. The summed E-state index contributed by atoms with van der Waals surface area (Å²) in [7, 11) is 0. The average Bonchev–Trinajstić information content (AvgIpc) is 2.90. The lowest BCUT2D eigenvalue weighted by molar-refractivity contribution is -0.115. The van der Waals surface area contributed by atoms with Crippen LogP contribution in [0.2, 0.25) is 0 Å². The number of hydrogen-bond acceptors (Lipinski definition) is 5. The Morgan fingerprint density at radius 3 is 3.05 bits per heavy atom. The third-order valence-electron chi connectivity index (χ3n) is 3.64. The summed E-state index contributed by atoms with van der Waals surface area (Å²) >= 11 is 0. The molecule has 0 aromatic carbocycles. The van der Waals surface area contributed by atoms with Gasteiger partial charge in [-0.15, -0.1) is 0 Å². The number of nitrogens with zero attached hydrogens (tertiary/aromatic N) is 3. The van der Waals surface area contributed by atoms with Crippen LogP contribution in [0.15, 0.2) is 17.5 Å². The molecule has 0 bridgehead atoms. The van der Waals surface area contributed by atoms with Gasteiger partial charge in [0.25, 0.3) is 5.91 Å². The van der Waals surface area contributed by atoms with E-state index < -0.39 is 0 Å². The van der Waals surface area contributed by atoms with E-state index in [2.05, 4.69) is 25.6 Å².